The monoisotopic (exact) mass is 324 g/mol. The molecule has 2 aromatic carbocycles. The minimum atomic E-state index is -0.799. The average Bonchev–Trinajstić information content (AvgIpc) is 2.41. The van der Waals surface area contributed by atoms with Crippen molar-refractivity contribution in [3.8, 4) is 5.75 Å². The number of ether oxygens (including phenoxy) is 1. The number of para-hydroxylation sites is 1. The number of hydrogen-bond donors (Lipinski definition) is 1. The van der Waals surface area contributed by atoms with E-state index < -0.39 is 6.10 Å². The van der Waals surface area contributed by atoms with Crippen LogP contribution in [0.1, 0.15) is 17.2 Å². The summed E-state index contributed by atoms with van der Waals surface area (Å²) in [6, 6.07) is 12.0. The third-order valence-corrected chi connectivity index (χ3v) is 3.42. The molecule has 1 N–H and O–H groups in total. The molecule has 2 nitrogen and oxygen atoms in total. The van der Waals surface area contributed by atoms with Crippen molar-refractivity contribution in [1.82, 2.24) is 0 Å². The van der Waals surface area contributed by atoms with E-state index in [2.05, 4.69) is 15.9 Å². The van der Waals surface area contributed by atoms with Gasteiger partial charge in [-0.15, -0.1) is 0 Å². The number of aliphatic hydroxyl groups is 1. The van der Waals surface area contributed by atoms with Gasteiger partial charge < -0.3 is 9.84 Å². The summed E-state index contributed by atoms with van der Waals surface area (Å²) in [5.74, 6) is 0.274. The van der Waals surface area contributed by atoms with Gasteiger partial charge in [0, 0.05) is 16.5 Å². The summed E-state index contributed by atoms with van der Waals surface area (Å²) in [5, 5.41) is 10.2. The molecule has 0 aliphatic rings. The van der Waals surface area contributed by atoms with E-state index in [1.807, 2.05) is 12.1 Å². The normalized spacial score (nSPS) is 12.2. The first-order chi connectivity index (χ1) is 9.11. The molecule has 1 atom stereocenters. The maximum absolute atomic E-state index is 13.7. The van der Waals surface area contributed by atoms with Crippen molar-refractivity contribution in [3.05, 3.63) is 63.9 Å². The molecule has 1 unspecified atom stereocenters. The molecular weight excluding hydrogens is 311 g/mol. The molecule has 0 bridgehead atoms. The maximum atomic E-state index is 13.7. The van der Waals surface area contributed by atoms with Gasteiger partial charge in [-0.1, -0.05) is 40.2 Å². The minimum absolute atomic E-state index is 0.208. The summed E-state index contributed by atoms with van der Waals surface area (Å²) in [6.07, 6.45) is -0.591. The first-order valence-corrected chi connectivity index (χ1v) is 6.66. The van der Waals surface area contributed by atoms with E-state index in [-0.39, 0.29) is 12.2 Å². The van der Waals surface area contributed by atoms with Crippen molar-refractivity contribution in [2.45, 2.75) is 12.5 Å². The van der Waals surface area contributed by atoms with Crippen LogP contribution in [0.25, 0.3) is 0 Å². The lowest BCUT2D eigenvalue weighted by molar-refractivity contribution is 0.172. The number of rotatable bonds is 4. The number of aliphatic hydroxyl groups excluding tert-OH is 1. The van der Waals surface area contributed by atoms with Gasteiger partial charge in [0.25, 0.3) is 0 Å². The Labute approximate surface area is 120 Å². The van der Waals surface area contributed by atoms with Crippen molar-refractivity contribution < 1.29 is 14.2 Å². The van der Waals surface area contributed by atoms with Crippen LogP contribution in [0.5, 0.6) is 5.75 Å². The van der Waals surface area contributed by atoms with Gasteiger partial charge in [-0.2, -0.15) is 0 Å². The Balaban J connectivity index is 2.23. The van der Waals surface area contributed by atoms with Crippen LogP contribution in [0.2, 0.25) is 0 Å². The van der Waals surface area contributed by atoms with Crippen molar-refractivity contribution in [2.24, 2.45) is 0 Å². The van der Waals surface area contributed by atoms with E-state index in [4.69, 9.17) is 4.74 Å². The molecule has 0 amide bonds. The van der Waals surface area contributed by atoms with Gasteiger partial charge in [-0.25, -0.2) is 4.39 Å². The molecule has 0 fully saturated rings. The minimum Gasteiger partial charge on any atom is -0.496 e. The zero-order valence-electron chi connectivity index (χ0n) is 10.4. The predicted molar refractivity (Wildman–Crippen MR) is 75.8 cm³/mol. The van der Waals surface area contributed by atoms with Crippen molar-refractivity contribution in [2.75, 3.05) is 7.11 Å². The highest BCUT2D eigenvalue weighted by molar-refractivity contribution is 9.10. The molecule has 2 rings (SSSR count). The molecule has 0 aliphatic heterocycles. The summed E-state index contributed by atoms with van der Waals surface area (Å²) in [5.41, 5.74) is 1.13. The van der Waals surface area contributed by atoms with Gasteiger partial charge in [-0.05, 0) is 23.8 Å². The third-order valence-electron chi connectivity index (χ3n) is 2.93. The third kappa shape index (κ3) is 3.33. The average molecular weight is 325 g/mol. The van der Waals surface area contributed by atoms with E-state index in [1.54, 1.807) is 31.4 Å². The molecule has 0 aromatic heterocycles. The first-order valence-electron chi connectivity index (χ1n) is 5.86. The van der Waals surface area contributed by atoms with Gasteiger partial charge in [0.2, 0.25) is 0 Å². The van der Waals surface area contributed by atoms with Crippen LogP contribution in [-0.2, 0) is 6.42 Å². The molecule has 0 heterocycles. The highest BCUT2D eigenvalue weighted by Gasteiger charge is 2.15. The Hall–Kier alpha value is -1.39. The number of benzene rings is 2. The molecule has 2 aromatic rings. The van der Waals surface area contributed by atoms with E-state index in [0.29, 0.717) is 21.3 Å². The number of hydrogen-bond acceptors (Lipinski definition) is 2. The second-order valence-electron chi connectivity index (χ2n) is 4.20. The van der Waals surface area contributed by atoms with Crippen molar-refractivity contribution in [3.63, 3.8) is 0 Å². The van der Waals surface area contributed by atoms with E-state index in [9.17, 15) is 9.50 Å². The lowest BCUT2D eigenvalue weighted by atomic mass is 10.0. The molecule has 4 heteroatoms. The Bertz CT molecular complexity index is 572. The van der Waals surface area contributed by atoms with Crippen LogP contribution in [-0.4, -0.2) is 12.2 Å². The van der Waals surface area contributed by atoms with Gasteiger partial charge >= 0.3 is 0 Å². The van der Waals surface area contributed by atoms with Crippen LogP contribution < -0.4 is 4.74 Å². The molecule has 0 saturated heterocycles. The lowest BCUT2D eigenvalue weighted by Gasteiger charge is -2.15. The molecule has 19 heavy (non-hydrogen) atoms. The lowest BCUT2D eigenvalue weighted by Crippen LogP contribution is -2.05. The molecule has 0 saturated carbocycles. The SMILES string of the molecule is COc1ccccc1C(O)Cc1ccc(Br)cc1F. The predicted octanol–water partition coefficient (Wildman–Crippen LogP) is 3.87. The molecular formula is C15H14BrFO2. The highest BCUT2D eigenvalue weighted by atomic mass is 79.9. The first kappa shape index (κ1) is 14.0. The van der Waals surface area contributed by atoms with Crippen LogP contribution in [0.15, 0.2) is 46.9 Å². The van der Waals surface area contributed by atoms with Crippen LogP contribution >= 0.6 is 15.9 Å². The van der Waals surface area contributed by atoms with Gasteiger partial charge in [-0.3, -0.25) is 0 Å². The fraction of sp³-hybridized carbons (Fsp3) is 0.200. The van der Waals surface area contributed by atoms with Gasteiger partial charge in [0.1, 0.15) is 11.6 Å². The van der Waals surface area contributed by atoms with Gasteiger partial charge in [0.15, 0.2) is 0 Å². The molecule has 0 aliphatic carbocycles. The quantitative estimate of drug-likeness (QED) is 0.925. The summed E-state index contributed by atoms with van der Waals surface area (Å²) in [7, 11) is 1.55. The summed E-state index contributed by atoms with van der Waals surface area (Å²) >= 11 is 3.21. The fourth-order valence-electron chi connectivity index (χ4n) is 1.95. The van der Waals surface area contributed by atoms with Crippen LogP contribution in [0, 0.1) is 5.82 Å². The van der Waals surface area contributed by atoms with Crippen LogP contribution in [0.4, 0.5) is 4.39 Å². The zero-order valence-corrected chi connectivity index (χ0v) is 12.0. The Kier molecular flexibility index (Phi) is 4.56. The summed E-state index contributed by atoms with van der Waals surface area (Å²) < 4.78 is 19.6. The highest BCUT2D eigenvalue weighted by Crippen LogP contribution is 2.28. The largest absolute Gasteiger partial charge is 0.496 e. The molecule has 0 spiro atoms. The van der Waals surface area contributed by atoms with E-state index in [0.717, 1.165) is 0 Å². The maximum Gasteiger partial charge on any atom is 0.127 e. The fourth-order valence-corrected chi connectivity index (χ4v) is 2.28. The standard InChI is InChI=1S/C15H14BrFO2/c1-19-15-5-3-2-4-12(15)14(18)8-10-6-7-11(16)9-13(10)17/h2-7,9,14,18H,8H2,1H3. The Morgan fingerprint density at radius 3 is 2.68 bits per heavy atom. The van der Waals surface area contributed by atoms with E-state index in [1.165, 1.54) is 6.07 Å². The molecule has 0 radical (unpaired) electrons. The Morgan fingerprint density at radius 1 is 1.26 bits per heavy atom. The second kappa shape index (κ2) is 6.17. The Morgan fingerprint density at radius 2 is 2.00 bits per heavy atom. The topological polar surface area (TPSA) is 29.5 Å². The number of halogens is 2. The summed E-state index contributed by atoms with van der Waals surface area (Å²) in [6.45, 7) is 0. The van der Waals surface area contributed by atoms with Crippen molar-refractivity contribution >= 4 is 15.9 Å². The second-order valence-corrected chi connectivity index (χ2v) is 5.11. The van der Waals surface area contributed by atoms with Crippen LogP contribution in [0.3, 0.4) is 0 Å². The smallest absolute Gasteiger partial charge is 0.127 e. The molecule has 100 valence electrons. The van der Waals surface area contributed by atoms with E-state index >= 15 is 0 Å². The van der Waals surface area contributed by atoms with Gasteiger partial charge in [0.05, 0.1) is 13.2 Å². The number of methoxy groups -OCH3 is 1. The zero-order chi connectivity index (χ0) is 13.8. The van der Waals surface area contributed by atoms with Crippen molar-refractivity contribution in [1.29, 1.82) is 0 Å². The summed E-state index contributed by atoms with van der Waals surface area (Å²) in [4.78, 5) is 0.